The molecule has 2 nitrogen and oxygen atoms in total. The highest BCUT2D eigenvalue weighted by atomic mass is 14.9. The van der Waals surface area contributed by atoms with E-state index in [9.17, 15) is 0 Å². The fraction of sp³-hybridized carbons (Fsp3) is 0.333. The third-order valence-corrected chi connectivity index (χ3v) is 1.65. The van der Waals surface area contributed by atoms with Crippen molar-refractivity contribution in [2.45, 2.75) is 20.8 Å². The van der Waals surface area contributed by atoms with Crippen molar-refractivity contribution in [1.29, 1.82) is 0 Å². The van der Waals surface area contributed by atoms with Crippen LogP contribution in [-0.2, 0) is 0 Å². The maximum atomic E-state index is 4.13. The molecule has 0 unspecified atom stereocenters. The van der Waals surface area contributed by atoms with Gasteiger partial charge in [-0.3, -0.25) is 0 Å². The Balaban J connectivity index is 2.98. The molecule has 2 heteroatoms. The van der Waals surface area contributed by atoms with Crippen LogP contribution in [-0.4, -0.2) is 12.1 Å². The fourth-order valence-electron chi connectivity index (χ4n) is 0.714. The molecule has 1 heterocycles. The zero-order valence-corrected chi connectivity index (χ0v) is 7.13. The number of amidine groups is 1. The van der Waals surface area contributed by atoms with Crippen LogP contribution in [0.1, 0.15) is 20.8 Å². The van der Waals surface area contributed by atoms with Crippen LogP contribution >= 0.6 is 0 Å². The Bertz CT molecular complexity index is 267. The molecule has 0 aromatic heterocycles. The summed E-state index contributed by atoms with van der Waals surface area (Å²) in [6, 6.07) is 0. The molecule has 1 aliphatic heterocycles. The van der Waals surface area contributed by atoms with Gasteiger partial charge in [0.05, 0.1) is 0 Å². The van der Waals surface area contributed by atoms with Gasteiger partial charge in [0.15, 0.2) is 0 Å². The lowest BCUT2D eigenvalue weighted by atomic mass is 10.1. The van der Waals surface area contributed by atoms with E-state index in [2.05, 4.69) is 9.98 Å². The summed E-state index contributed by atoms with van der Waals surface area (Å²) in [4.78, 5) is 8.20. The monoisotopic (exact) mass is 148 g/mol. The summed E-state index contributed by atoms with van der Waals surface area (Å²) in [5.41, 5.74) is 2.40. The van der Waals surface area contributed by atoms with Gasteiger partial charge in [-0.05, 0) is 38.0 Å². The quantitative estimate of drug-likeness (QED) is 0.503. The van der Waals surface area contributed by atoms with Crippen molar-refractivity contribution in [1.82, 2.24) is 0 Å². The van der Waals surface area contributed by atoms with Crippen molar-refractivity contribution < 1.29 is 0 Å². The molecular formula is C9H12N2. The van der Waals surface area contributed by atoms with E-state index < -0.39 is 0 Å². The zero-order valence-electron chi connectivity index (χ0n) is 7.13. The Kier molecular flexibility index (Phi) is 2.36. The Morgan fingerprint density at radius 1 is 1.09 bits per heavy atom. The number of nitrogens with zero attached hydrogens (tertiary/aromatic N) is 2. The molecule has 1 rings (SSSR count). The molecule has 0 saturated heterocycles. The molecular weight excluding hydrogens is 136 g/mol. The van der Waals surface area contributed by atoms with Gasteiger partial charge in [0, 0.05) is 12.4 Å². The third kappa shape index (κ3) is 2.15. The van der Waals surface area contributed by atoms with E-state index >= 15 is 0 Å². The highest BCUT2D eigenvalue weighted by molar-refractivity contribution is 5.92. The van der Waals surface area contributed by atoms with Crippen molar-refractivity contribution in [2.75, 3.05) is 0 Å². The van der Waals surface area contributed by atoms with E-state index in [4.69, 9.17) is 0 Å². The molecule has 0 fully saturated rings. The molecule has 0 N–H and O–H groups in total. The maximum Gasteiger partial charge on any atom is 0.125 e. The van der Waals surface area contributed by atoms with E-state index in [1.54, 1.807) is 6.21 Å². The van der Waals surface area contributed by atoms with Crippen LogP contribution in [0.5, 0.6) is 0 Å². The van der Waals surface area contributed by atoms with Crippen LogP contribution in [0.15, 0.2) is 33.4 Å². The van der Waals surface area contributed by atoms with Crippen LogP contribution in [0.4, 0.5) is 0 Å². The topological polar surface area (TPSA) is 24.7 Å². The van der Waals surface area contributed by atoms with E-state index in [-0.39, 0.29) is 0 Å². The number of hydrogen-bond donors (Lipinski definition) is 0. The summed E-state index contributed by atoms with van der Waals surface area (Å²) in [6.45, 7) is 5.98. The SMILES string of the molecule is CC1=CC=NC(C)=NC=C1C. The van der Waals surface area contributed by atoms with Crippen molar-refractivity contribution >= 4 is 12.1 Å². The number of hydrogen-bond acceptors (Lipinski definition) is 2. The summed E-state index contributed by atoms with van der Waals surface area (Å²) >= 11 is 0. The van der Waals surface area contributed by atoms with Crippen LogP contribution in [0.2, 0.25) is 0 Å². The molecule has 0 aromatic carbocycles. The molecule has 0 bridgehead atoms. The van der Waals surface area contributed by atoms with Crippen LogP contribution in [0.3, 0.4) is 0 Å². The fourth-order valence-corrected chi connectivity index (χ4v) is 0.714. The minimum Gasteiger partial charge on any atom is -0.242 e. The van der Waals surface area contributed by atoms with E-state index in [1.807, 2.05) is 33.0 Å². The van der Waals surface area contributed by atoms with Gasteiger partial charge < -0.3 is 0 Å². The first-order valence-corrected chi connectivity index (χ1v) is 3.62. The van der Waals surface area contributed by atoms with Gasteiger partial charge in [0.1, 0.15) is 5.84 Å². The molecule has 0 radical (unpaired) electrons. The normalized spacial score (nSPS) is 17.9. The van der Waals surface area contributed by atoms with Crippen LogP contribution < -0.4 is 0 Å². The summed E-state index contributed by atoms with van der Waals surface area (Å²) in [5, 5.41) is 0. The summed E-state index contributed by atoms with van der Waals surface area (Å²) in [6.07, 6.45) is 5.62. The number of rotatable bonds is 0. The molecule has 58 valence electrons. The van der Waals surface area contributed by atoms with Crippen LogP contribution in [0.25, 0.3) is 0 Å². The molecule has 0 amide bonds. The first kappa shape index (κ1) is 7.92. The minimum atomic E-state index is 0.799. The summed E-state index contributed by atoms with van der Waals surface area (Å²) in [7, 11) is 0. The van der Waals surface area contributed by atoms with E-state index in [0.29, 0.717) is 0 Å². The van der Waals surface area contributed by atoms with Gasteiger partial charge >= 0.3 is 0 Å². The van der Waals surface area contributed by atoms with Crippen molar-refractivity contribution in [2.24, 2.45) is 9.98 Å². The largest absolute Gasteiger partial charge is 0.242 e. The van der Waals surface area contributed by atoms with Crippen molar-refractivity contribution in [3.63, 3.8) is 0 Å². The van der Waals surface area contributed by atoms with Gasteiger partial charge in [-0.25, -0.2) is 9.98 Å². The molecule has 0 aliphatic carbocycles. The van der Waals surface area contributed by atoms with Crippen molar-refractivity contribution in [3.05, 3.63) is 23.4 Å². The second-order valence-electron chi connectivity index (χ2n) is 2.62. The average Bonchev–Trinajstić information content (AvgIpc) is 1.98. The number of allylic oxidation sites excluding steroid dienone is 3. The Morgan fingerprint density at radius 3 is 2.55 bits per heavy atom. The van der Waals surface area contributed by atoms with Gasteiger partial charge in [-0.1, -0.05) is 0 Å². The predicted octanol–water partition coefficient (Wildman–Crippen LogP) is 2.34. The van der Waals surface area contributed by atoms with E-state index in [1.165, 1.54) is 11.1 Å². The summed E-state index contributed by atoms with van der Waals surface area (Å²) < 4.78 is 0. The second kappa shape index (κ2) is 3.28. The van der Waals surface area contributed by atoms with Gasteiger partial charge in [0.2, 0.25) is 0 Å². The highest BCUT2D eigenvalue weighted by Gasteiger charge is 1.93. The van der Waals surface area contributed by atoms with Gasteiger partial charge in [-0.2, -0.15) is 0 Å². The van der Waals surface area contributed by atoms with Crippen LogP contribution in [0, 0.1) is 0 Å². The molecule has 0 atom stereocenters. The lowest BCUT2D eigenvalue weighted by Gasteiger charge is -1.99. The molecule has 1 aliphatic rings. The lowest BCUT2D eigenvalue weighted by molar-refractivity contribution is 1.29. The summed E-state index contributed by atoms with van der Waals surface area (Å²) in [5.74, 6) is 0.799. The zero-order chi connectivity index (χ0) is 8.27. The van der Waals surface area contributed by atoms with Gasteiger partial charge in [-0.15, -0.1) is 0 Å². The standard InChI is InChI=1S/C9H12N2/c1-7-4-5-10-9(3)11-6-8(7)2/h4-6H,1-3H3. The second-order valence-corrected chi connectivity index (χ2v) is 2.62. The van der Waals surface area contributed by atoms with Gasteiger partial charge in [0.25, 0.3) is 0 Å². The third-order valence-electron chi connectivity index (χ3n) is 1.65. The highest BCUT2D eigenvalue weighted by Crippen LogP contribution is 2.08. The Morgan fingerprint density at radius 2 is 1.82 bits per heavy atom. The molecule has 11 heavy (non-hydrogen) atoms. The predicted molar refractivity (Wildman–Crippen MR) is 49.1 cm³/mol. The van der Waals surface area contributed by atoms with E-state index in [0.717, 1.165) is 5.84 Å². The molecule has 0 aromatic rings. The number of aliphatic imine (C=N–C) groups is 2. The molecule has 0 spiro atoms. The lowest BCUT2D eigenvalue weighted by Crippen LogP contribution is -1.89. The smallest absolute Gasteiger partial charge is 0.125 e. The average molecular weight is 148 g/mol. The first-order chi connectivity index (χ1) is 5.20. The first-order valence-electron chi connectivity index (χ1n) is 3.62. The Labute approximate surface area is 67.1 Å². The molecule has 0 saturated carbocycles. The van der Waals surface area contributed by atoms with Crippen molar-refractivity contribution in [3.8, 4) is 0 Å². The minimum absolute atomic E-state index is 0.799. The Hall–Kier alpha value is -1.18. The maximum absolute atomic E-state index is 4.13.